The average molecular weight is 401 g/mol. The highest BCUT2D eigenvalue weighted by molar-refractivity contribution is 6.04. The first kappa shape index (κ1) is 18.9. The van der Waals surface area contributed by atoms with Crippen molar-refractivity contribution in [2.24, 2.45) is 16.2 Å². The summed E-state index contributed by atoms with van der Waals surface area (Å²) in [7, 11) is 0. The van der Waals surface area contributed by atoms with E-state index in [0.29, 0.717) is 5.56 Å². The number of hydrogen-bond donors (Lipinski definition) is 0. The van der Waals surface area contributed by atoms with Crippen molar-refractivity contribution in [2.75, 3.05) is 4.90 Å². The van der Waals surface area contributed by atoms with Gasteiger partial charge in [0.05, 0.1) is 6.04 Å². The van der Waals surface area contributed by atoms with Crippen molar-refractivity contribution in [1.82, 2.24) is 0 Å². The lowest BCUT2D eigenvalue weighted by molar-refractivity contribution is -0.255. The van der Waals surface area contributed by atoms with Gasteiger partial charge < -0.3 is 14.4 Å². The second-order valence-corrected chi connectivity index (χ2v) is 11.0. The Morgan fingerprint density at radius 3 is 2.34 bits per heavy atom. The van der Waals surface area contributed by atoms with Crippen molar-refractivity contribution in [3.63, 3.8) is 0 Å². The third-order valence-electron chi connectivity index (χ3n) is 7.37. The molecular weight excluding hydrogens is 373 g/mol. The van der Waals surface area contributed by atoms with Crippen LogP contribution in [-0.2, 0) is 25.5 Å². The minimum Gasteiger partial charge on any atom is -0.422 e. The molecule has 5 nitrogen and oxygen atoms in total. The number of halogens is 1. The number of rotatable bonds is 0. The number of esters is 2. The lowest BCUT2D eigenvalue weighted by atomic mass is 9.57. The van der Waals surface area contributed by atoms with Crippen LogP contribution in [0.1, 0.15) is 59.4 Å². The van der Waals surface area contributed by atoms with Gasteiger partial charge in [0, 0.05) is 32.0 Å². The van der Waals surface area contributed by atoms with Crippen LogP contribution in [-0.4, -0.2) is 29.8 Å². The number of nitrogens with zero attached hydrogens (tertiary/aromatic N) is 1. The molecule has 0 amide bonds. The molecule has 1 aliphatic carbocycles. The van der Waals surface area contributed by atoms with E-state index in [4.69, 9.17) is 9.47 Å². The summed E-state index contributed by atoms with van der Waals surface area (Å²) in [6.07, 6.45) is 2.86. The van der Waals surface area contributed by atoms with Gasteiger partial charge in [0.2, 0.25) is 0 Å². The van der Waals surface area contributed by atoms with Gasteiger partial charge in [-0.25, -0.2) is 4.39 Å². The lowest BCUT2D eigenvalue weighted by Gasteiger charge is -2.53. The Kier molecular flexibility index (Phi) is 3.47. The largest absolute Gasteiger partial charge is 0.422 e. The fourth-order valence-corrected chi connectivity index (χ4v) is 7.05. The zero-order chi connectivity index (χ0) is 21.0. The first-order valence-electron chi connectivity index (χ1n) is 10.4. The Morgan fingerprint density at radius 1 is 1.03 bits per heavy atom. The highest BCUT2D eigenvalue weighted by atomic mass is 19.1. The van der Waals surface area contributed by atoms with E-state index in [9.17, 15) is 14.0 Å². The Balaban J connectivity index is 1.75. The second kappa shape index (κ2) is 5.32. The average Bonchev–Trinajstić information content (AvgIpc) is 2.77. The zero-order valence-electron chi connectivity index (χ0n) is 17.7. The van der Waals surface area contributed by atoms with Crippen molar-refractivity contribution in [3.8, 4) is 0 Å². The van der Waals surface area contributed by atoms with Crippen molar-refractivity contribution >= 4 is 17.6 Å². The van der Waals surface area contributed by atoms with Crippen LogP contribution >= 0.6 is 0 Å². The molecule has 5 rings (SSSR count). The summed E-state index contributed by atoms with van der Waals surface area (Å²) in [4.78, 5) is 29.2. The van der Waals surface area contributed by atoms with Gasteiger partial charge in [-0.2, -0.15) is 0 Å². The predicted octanol–water partition coefficient (Wildman–Crippen LogP) is 3.98. The Hall–Kier alpha value is -2.11. The van der Waals surface area contributed by atoms with E-state index in [-0.39, 0.29) is 35.2 Å². The third kappa shape index (κ3) is 2.44. The van der Waals surface area contributed by atoms with E-state index in [0.717, 1.165) is 24.9 Å². The number of hydrogen-bond acceptors (Lipinski definition) is 5. The molecule has 3 aliphatic heterocycles. The van der Waals surface area contributed by atoms with Crippen LogP contribution in [0.5, 0.6) is 0 Å². The van der Waals surface area contributed by atoms with Crippen LogP contribution in [0.15, 0.2) is 18.2 Å². The maximum atomic E-state index is 14.1. The summed E-state index contributed by atoms with van der Waals surface area (Å²) >= 11 is 0. The van der Waals surface area contributed by atoms with Gasteiger partial charge in [0.1, 0.15) is 5.82 Å². The maximum Gasteiger partial charge on any atom is 0.329 e. The minimum atomic E-state index is -1.47. The molecule has 156 valence electrons. The molecule has 1 saturated carbocycles. The zero-order valence-corrected chi connectivity index (χ0v) is 17.7. The van der Waals surface area contributed by atoms with Crippen molar-refractivity contribution in [1.29, 1.82) is 0 Å². The summed E-state index contributed by atoms with van der Waals surface area (Å²) in [5.41, 5.74) is -0.0428. The van der Waals surface area contributed by atoms with Crippen LogP contribution in [0, 0.1) is 22.1 Å². The van der Waals surface area contributed by atoms with Crippen LogP contribution in [0.4, 0.5) is 10.1 Å². The molecule has 3 atom stereocenters. The summed E-state index contributed by atoms with van der Waals surface area (Å²) in [6, 6.07) is 4.53. The van der Waals surface area contributed by atoms with Gasteiger partial charge in [-0.05, 0) is 53.9 Å². The van der Waals surface area contributed by atoms with E-state index < -0.39 is 23.1 Å². The fraction of sp³-hybridized carbons (Fsp3) is 0.652. The van der Waals surface area contributed by atoms with Gasteiger partial charge >= 0.3 is 11.9 Å². The number of carbonyl (C=O) groups is 2. The summed E-state index contributed by atoms with van der Waals surface area (Å²) in [6.45, 7) is 9.81. The van der Waals surface area contributed by atoms with Crippen LogP contribution in [0.2, 0.25) is 0 Å². The topological polar surface area (TPSA) is 55.8 Å². The van der Waals surface area contributed by atoms with Crippen molar-refractivity contribution in [2.45, 2.75) is 78.2 Å². The molecule has 2 saturated heterocycles. The smallest absolute Gasteiger partial charge is 0.329 e. The van der Waals surface area contributed by atoms with Gasteiger partial charge in [-0.15, -0.1) is 0 Å². The highest BCUT2D eigenvalue weighted by Gasteiger charge is 2.72. The fourth-order valence-electron chi connectivity index (χ4n) is 7.05. The monoisotopic (exact) mass is 401 g/mol. The summed E-state index contributed by atoms with van der Waals surface area (Å²) in [5.74, 6) is -2.75. The SMILES string of the molecule is CC1(C)C[C@@H]2C[C@](C)(C1)[C@@H]1N2c2ccc(F)cc2CC12C(=O)OC(C)(C)OC2=O. The molecule has 0 radical (unpaired) electrons. The number of benzene rings is 1. The molecule has 2 bridgehead atoms. The normalized spacial score (nSPS) is 35.6. The van der Waals surface area contributed by atoms with Crippen LogP contribution in [0.3, 0.4) is 0 Å². The predicted molar refractivity (Wildman–Crippen MR) is 105 cm³/mol. The van der Waals surface area contributed by atoms with Gasteiger partial charge in [0.15, 0.2) is 5.41 Å². The first-order chi connectivity index (χ1) is 13.4. The second-order valence-electron chi connectivity index (χ2n) is 11.0. The Bertz CT molecular complexity index is 919. The molecule has 0 unspecified atom stereocenters. The molecule has 3 fully saturated rings. The van der Waals surface area contributed by atoms with E-state index in [2.05, 4.69) is 25.7 Å². The minimum absolute atomic E-state index is 0.0815. The van der Waals surface area contributed by atoms with Gasteiger partial charge in [-0.1, -0.05) is 20.8 Å². The molecule has 29 heavy (non-hydrogen) atoms. The van der Waals surface area contributed by atoms with E-state index in [1.54, 1.807) is 19.9 Å². The van der Waals surface area contributed by atoms with Gasteiger partial charge in [0.25, 0.3) is 5.79 Å². The van der Waals surface area contributed by atoms with Crippen molar-refractivity contribution in [3.05, 3.63) is 29.6 Å². The van der Waals surface area contributed by atoms with Crippen LogP contribution < -0.4 is 4.90 Å². The molecule has 1 aromatic rings. The Labute approximate surface area is 170 Å². The lowest BCUT2D eigenvalue weighted by Crippen LogP contribution is -2.67. The third-order valence-corrected chi connectivity index (χ3v) is 7.37. The molecule has 0 aromatic heterocycles. The molecular formula is C23H28FNO4. The quantitative estimate of drug-likeness (QED) is 0.486. The molecule has 1 spiro atoms. The summed E-state index contributed by atoms with van der Waals surface area (Å²) < 4.78 is 25.4. The first-order valence-corrected chi connectivity index (χ1v) is 10.4. The standard InChI is InChI=1S/C23H28FNO4/c1-20(2)10-15-11-22(5,12-20)17-23(18(26)28-21(3,4)29-19(23)27)9-13-8-14(24)6-7-16(13)25(15)17/h6-8,15,17H,9-12H2,1-5H3/t15-,17+,22-/m1/s1. The highest BCUT2D eigenvalue weighted by Crippen LogP contribution is 2.64. The van der Waals surface area contributed by atoms with Crippen molar-refractivity contribution < 1.29 is 23.5 Å². The number of ether oxygens (including phenoxy) is 2. The molecule has 1 aromatic carbocycles. The van der Waals surface area contributed by atoms with E-state index in [1.807, 2.05) is 0 Å². The number of anilines is 1. The van der Waals surface area contributed by atoms with Crippen LogP contribution in [0.25, 0.3) is 0 Å². The van der Waals surface area contributed by atoms with E-state index >= 15 is 0 Å². The number of fused-ring (bicyclic) bond motifs is 8. The molecule has 6 heteroatoms. The molecule has 4 aliphatic rings. The maximum absolute atomic E-state index is 14.1. The Morgan fingerprint density at radius 2 is 1.69 bits per heavy atom. The molecule has 3 heterocycles. The number of cyclic esters (lactones) is 2. The number of carbonyl (C=O) groups excluding carboxylic acids is 2. The van der Waals surface area contributed by atoms with Gasteiger partial charge in [-0.3, -0.25) is 9.59 Å². The van der Waals surface area contributed by atoms with E-state index in [1.165, 1.54) is 12.1 Å². The summed E-state index contributed by atoms with van der Waals surface area (Å²) in [5, 5.41) is 0. The molecule has 0 N–H and O–H groups in total.